The summed E-state index contributed by atoms with van der Waals surface area (Å²) in [7, 11) is 0. The lowest BCUT2D eigenvalue weighted by atomic mass is 10.0. The predicted octanol–water partition coefficient (Wildman–Crippen LogP) is 1.18. The maximum absolute atomic E-state index is 12.6. The Morgan fingerprint density at radius 2 is 2.00 bits per heavy atom. The number of H-pyrrole nitrogens is 1. The smallest absolute Gasteiger partial charge is 0.409 e. The lowest BCUT2D eigenvalue weighted by Crippen LogP contribution is -2.47. The van der Waals surface area contributed by atoms with Gasteiger partial charge in [-0.25, -0.2) is 9.89 Å². The lowest BCUT2D eigenvalue weighted by molar-refractivity contribution is 0.0859. The summed E-state index contributed by atoms with van der Waals surface area (Å²) < 4.78 is 4.98. The van der Waals surface area contributed by atoms with Crippen molar-refractivity contribution in [1.82, 2.24) is 25.4 Å². The first kappa shape index (κ1) is 18.6. The maximum Gasteiger partial charge on any atom is 0.409 e. The van der Waals surface area contributed by atoms with E-state index < -0.39 is 11.5 Å². The predicted molar refractivity (Wildman–Crippen MR) is 97.2 cm³/mol. The van der Waals surface area contributed by atoms with Crippen LogP contribution in [0.25, 0.3) is 11.3 Å². The fraction of sp³-hybridized carbons (Fsp3) is 0.389. The fourth-order valence-electron chi connectivity index (χ4n) is 2.93. The molecule has 1 aliphatic rings. The molecule has 0 aliphatic carbocycles. The van der Waals surface area contributed by atoms with Crippen molar-refractivity contribution in [2.75, 3.05) is 19.7 Å². The lowest BCUT2D eigenvalue weighted by Gasteiger charge is -2.31. The number of hydrogen-bond donors (Lipinski definition) is 2. The second-order valence-electron chi connectivity index (χ2n) is 6.17. The number of aromatic amines is 1. The molecule has 0 radical (unpaired) electrons. The van der Waals surface area contributed by atoms with E-state index in [0.29, 0.717) is 38.2 Å². The Morgan fingerprint density at radius 1 is 1.30 bits per heavy atom. The Bertz CT molecular complexity index is 860. The molecule has 3 heterocycles. The topological polar surface area (TPSA) is 117 Å². The van der Waals surface area contributed by atoms with Gasteiger partial charge in [-0.1, -0.05) is 0 Å². The van der Waals surface area contributed by atoms with Crippen molar-refractivity contribution in [3.63, 3.8) is 0 Å². The average Bonchev–Trinajstić information content (AvgIpc) is 2.69. The van der Waals surface area contributed by atoms with E-state index in [-0.39, 0.29) is 17.7 Å². The summed E-state index contributed by atoms with van der Waals surface area (Å²) in [6, 6.07) is 4.85. The van der Waals surface area contributed by atoms with Crippen LogP contribution in [0, 0.1) is 0 Å². The normalized spacial score (nSPS) is 14.6. The summed E-state index contributed by atoms with van der Waals surface area (Å²) in [4.78, 5) is 41.9. The number of carbonyl (C=O) groups excluding carboxylic acids is 2. The van der Waals surface area contributed by atoms with Crippen LogP contribution in [0.1, 0.15) is 30.1 Å². The highest BCUT2D eigenvalue weighted by Crippen LogP contribution is 2.15. The molecular weight excluding hydrogens is 350 g/mol. The molecule has 2 aromatic rings. The van der Waals surface area contributed by atoms with Gasteiger partial charge >= 0.3 is 6.09 Å². The first-order valence-corrected chi connectivity index (χ1v) is 8.81. The van der Waals surface area contributed by atoms with Crippen LogP contribution in [0.2, 0.25) is 0 Å². The molecule has 0 aromatic carbocycles. The molecule has 0 atom stereocenters. The first-order valence-electron chi connectivity index (χ1n) is 8.81. The van der Waals surface area contributed by atoms with Gasteiger partial charge in [-0.3, -0.25) is 14.6 Å². The number of rotatable bonds is 4. The number of piperidine rings is 1. The van der Waals surface area contributed by atoms with Crippen LogP contribution in [0.5, 0.6) is 0 Å². The van der Waals surface area contributed by atoms with Crippen molar-refractivity contribution >= 4 is 12.0 Å². The van der Waals surface area contributed by atoms with E-state index in [1.807, 2.05) is 0 Å². The molecule has 1 aliphatic heterocycles. The molecule has 9 heteroatoms. The molecule has 27 heavy (non-hydrogen) atoms. The van der Waals surface area contributed by atoms with Gasteiger partial charge < -0.3 is 15.0 Å². The number of nitrogens with zero attached hydrogens (tertiary/aromatic N) is 3. The SMILES string of the molecule is CCOC(=O)N1CCC(NC(=O)c2cc(-c3ccncc3)n[nH]c2=O)CC1. The Balaban J connectivity index is 1.65. The zero-order chi connectivity index (χ0) is 19.2. The van der Waals surface area contributed by atoms with Crippen molar-refractivity contribution in [1.29, 1.82) is 0 Å². The number of amides is 2. The van der Waals surface area contributed by atoms with E-state index in [1.165, 1.54) is 6.07 Å². The minimum Gasteiger partial charge on any atom is -0.450 e. The van der Waals surface area contributed by atoms with Gasteiger partial charge in [-0.2, -0.15) is 5.10 Å². The molecular formula is C18H21N5O4. The Morgan fingerprint density at radius 3 is 2.67 bits per heavy atom. The molecule has 1 fully saturated rings. The third-order valence-corrected chi connectivity index (χ3v) is 4.38. The fourth-order valence-corrected chi connectivity index (χ4v) is 2.93. The second kappa shape index (κ2) is 8.43. The van der Waals surface area contributed by atoms with Crippen molar-refractivity contribution in [2.45, 2.75) is 25.8 Å². The van der Waals surface area contributed by atoms with Gasteiger partial charge in [0.1, 0.15) is 5.56 Å². The average molecular weight is 371 g/mol. The van der Waals surface area contributed by atoms with Crippen LogP contribution >= 0.6 is 0 Å². The molecule has 9 nitrogen and oxygen atoms in total. The molecule has 3 rings (SSSR count). The van der Waals surface area contributed by atoms with Crippen LogP contribution in [-0.4, -0.2) is 57.8 Å². The largest absolute Gasteiger partial charge is 0.450 e. The highest BCUT2D eigenvalue weighted by Gasteiger charge is 2.25. The van der Waals surface area contributed by atoms with Gasteiger partial charge in [0.15, 0.2) is 0 Å². The van der Waals surface area contributed by atoms with Gasteiger partial charge in [0.05, 0.1) is 12.3 Å². The standard InChI is InChI=1S/C18H21N5O4/c1-2-27-18(26)23-9-5-13(6-10-23)20-16(24)14-11-15(21-22-17(14)25)12-3-7-19-8-4-12/h3-4,7-8,11,13H,2,5-6,9-10H2,1H3,(H,20,24)(H,22,25). The van der Waals surface area contributed by atoms with E-state index in [1.54, 1.807) is 36.4 Å². The van der Waals surface area contributed by atoms with Crippen molar-refractivity contribution in [3.8, 4) is 11.3 Å². The number of likely N-dealkylation sites (tertiary alicyclic amines) is 1. The summed E-state index contributed by atoms with van der Waals surface area (Å²) in [5.74, 6) is -0.455. The van der Waals surface area contributed by atoms with Crippen LogP contribution < -0.4 is 10.9 Å². The Hall–Kier alpha value is -3.23. The van der Waals surface area contributed by atoms with E-state index in [4.69, 9.17) is 4.74 Å². The quantitative estimate of drug-likeness (QED) is 0.833. The van der Waals surface area contributed by atoms with Crippen molar-refractivity contribution in [2.24, 2.45) is 0 Å². The van der Waals surface area contributed by atoms with E-state index in [9.17, 15) is 14.4 Å². The number of pyridine rings is 1. The zero-order valence-corrected chi connectivity index (χ0v) is 15.0. The molecule has 2 amide bonds. The minimum atomic E-state index is -0.547. The molecule has 0 bridgehead atoms. The summed E-state index contributed by atoms with van der Waals surface area (Å²) in [5, 5.41) is 9.22. The van der Waals surface area contributed by atoms with E-state index in [2.05, 4.69) is 20.5 Å². The van der Waals surface area contributed by atoms with E-state index in [0.717, 1.165) is 5.56 Å². The second-order valence-corrected chi connectivity index (χ2v) is 6.17. The summed E-state index contributed by atoms with van der Waals surface area (Å²) in [6.07, 6.45) is 4.09. The van der Waals surface area contributed by atoms with Crippen molar-refractivity contribution < 1.29 is 14.3 Å². The van der Waals surface area contributed by atoms with Gasteiger partial charge in [0.25, 0.3) is 11.5 Å². The third kappa shape index (κ3) is 4.49. The highest BCUT2D eigenvalue weighted by atomic mass is 16.6. The molecule has 2 aromatic heterocycles. The van der Waals surface area contributed by atoms with E-state index >= 15 is 0 Å². The molecule has 1 saturated heterocycles. The van der Waals surface area contributed by atoms with Crippen molar-refractivity contribution in [3.05, 3.63) is 46.5 Å². The summed E-state index contributed by atoms with van der Waals surface area (Å²) in [5.41, 5.74) is 0.691. The van der Waals surface area contributed by atoms with Crippen LogP contribution in [0.3, 0.4) is 0 Å². The number of aromatic nitrogens is 3. The molecule has 0 unspecified atom stereocenters. The molecule has 0 spiro atoms. The first-order chi connectivity index (χ1) is 13.1. The van der Waals surface area contributed by atoms with Gasteiger partial charge in [0.2, 0.25) is 0 Å². The van der Waals surface area contributed by atoms with Gasteiger partial charge in [-0.05, 0) is 38.0 Å². The monoisotopic (exact) mass is 371 g/mol. The molecule has 0 saturated carbocycles. The Labute approximate surface area is 155 Å². The Kier molecular flexibility index (Phi) is 5.80. The number of hydrogen-bond acceptors (Lipinski definition) is 6. The van der Waals surface area contributed by atoms with Gasteiger partial charge in [0, 0.05) is 37.1 Å². The number of carbonyl (C=O) groups is 2. The van der Waals surface area contributed by atoms with Crippen LogP contribution in [-0.2, 0) is 4.74 Å². The maximum atomic E-state index is 12.6. The van der Waals surface area contributed by atoms with Crippen LogP contribution in [0.4, 0.5) is 4.79 Å². The zero-order valence-electron chi connectivity index (χ0n) is 15.0. The number of ether oxygens (including phenoxy) is 1. The summed E-state index contributed by atoms with van der Waals surface area (Å²) in [6.45, 7) is 3.09. The molecule has 142 valence electrons. The molecule has 2 N–H and O–H groups in total. The third-order valence-electron chi connectivity index (χ3n) is 4.38. The minimum absolute atomic E-state index is 0.00429. The van der Waals surface area contributed by atoms with Gasteiger partial charge in [-0.15, -0.1) is 0 Å². The number of nitrogens with one attached hydrogen (secondary N) is 2. The van der Waals surface area contributed by atoms with Crippen LogP contribution in [0.15, 0.2) is 35.4 Å². The highest BCUT2D eigenvalue weighted by molar-refractivity contribution is 5.94. The summed E-state index contributed by atoms with van der Waals surface area (Å²) >= 11 is 0.